The third-order valence-corrected chi connectivity index (χ3v) is 5.40. The van der Waals surface area contributed by atoms with Gasteiger partial charge in [-0.05, 0) is 35.0 Å². The van der Waals surface area contributed by atoms with Gasteiger partial charge in [-0.15, -0.1) is 0 Å². The van der Waals surface area contributed by atoms with Crippen molar-refractivity contribution in [1.82, 2.24) is 24.4 Å². The highest BCUT2D eigenvalue weighted by atomic mass is 79.9. The summed E-state index contributed by atoms with van der Waals surface area (Å²) in [5.74, 6) is 2.59. The van der Waals surface area contributed by atoms with Gasteiger partial charge in [0.2, 0.25) is 0 Å². The molecule has 27 heavy (non-hydrogen) atoms. The van der Waals surface area contributed by atoms with E-state index in [2.05, 4.69) is 35.8 Å². The van der Waals surface area contributed by atoms with Crippen LogP contribution in [0.5, 0.6) is 0 Å². The van der Waals surface area contributed by atoms with E-state index in [1.165, 1.54) is 0 Å². The van der Waals surface area contributed by atoms with Crippen LogP contribution in [0.2, 0.25) is 0 Å². The predicted molar refractivity (Wildman–Crippen MR) is 106 cm³/mol. The molecule has 0 radical (unpaired) electrons. The van der Waals surface area contributed by atoms with Crippen molar-refractivity contribution in [3.63, 3.8) is 0 Å². The number of carbonyl (C=O) groups excluding carboxylic acids is 1. The van der Waals surface area contributed by atoms with Gasteiger partial charge >= 0.3 is 0 Å². The van der Waals surface area contributed by atoms with E-state index < -0.39 is 0 Å². The Morgan fingerprint density at radius 1 is 1.04 bits per heavy atom. The number of carbonyl (C=O) groups is 1. The van der Waals surface area contributed by atoms with Crippen molar-refractivity contribution >= 4 is 27.7 Å². The lowest BCUT2D eigenvalue weighted by atomic mass is 10.2. The second kappa shape index (κ2) is 7.48. The zero-order valence-electron chi connectivity index (χ0n) is 14.9. The van der Waals surface area contributed by atoms with E-state index in [0.717, 1.165) is 35.0 Å². The highest BCUT2D eigenvalue weighted by Crippen LogP contribution is 2.21. The van der Waals surface area contributed by atoms with Gasteiger partial charge in [0.1, 0.15) is 23.8 Å². The Bertz CT molecular complexity index is 964. The van der Waals surface area contributed by atoms with Crippen molar-refractivity contribution in [2.45, 2.75) is 6.92 Å². The summed E-state index contributed by atoms with van der Waals surface area (Å²) in [6.07, 6.45) is 5.21. The van der Waals surface area contributed by atoms with Gasteiger partial charge in [-0.3, -0.25) is 9.36 Å². The van der Waals surface area contributed by atoms with Gasteiger partial charge in [0.15, 0.2) is 0 Å². The number of nitrogens with zero attached hydrogens (tertiary/aromatic N) is 6. The second-order valence-electron chi connectivity index (χ2n) is 6.34. The lowest BCUT2D eigenvalue weighted by molar-refractivity contribution is 0.0745. The molecule has 0 aliphatic carbocycles. The maximum Gasteiger partial charge on any atom is 0.255 e. The second-order valence-corrected chi connectivity index (χ2v) is 7.19. The lowest BCUT2D eigenvalue weighted by Gasteiger charge is -2.35. The molecule has 1 saturated heterocycles. The summed E-state index contributed by atoms with van der Waals surface area (Å²) in [4.78, 5) is 29.8. The van der Waals surface area contributed by atoms with E-state index in [1.54, 1.807) is 12.5 Å². The molecule has 8 heteroatoms. The number of halogens is 1. The molecule has 1 fully saturated rings. The first kappa shape index (κ1) is 17.7. The number of imidazole rings is 1. The van der Waals surface area contributed by atoms with Crippen molar-refractivity contribution in [2.75, 3.05) is 31.1 Å². The summed E-state index contributed by atoms with van der Waals surface area (Å²) in [7, 11) is 0. The average Bonchev–Trinajstić information content (AvgIpc) is 3.14. The number of hydrogen-bond acceptors (Lipinski definition) is 5. The molecule has 138 valence electrons. The number of amides is 1. The number of rotatable bonds is 3. The van der Waals surface area contributed by atoms with Crippen molar-refractivity contribution in [2.24, 2.45) is 0 Å². The molecular formula is C19H19BrN6O. The van der Waals surface area contributed by atoms with Gasteiger partial charge in [-0.2, -0.15) is 0 Å². The Morgan fingerprint density at radius 3 is 2.48 bits per heavy atom. The van der Waals surface area contributed by atoms with Gasteiger partial charge in [-0.25, -0.2) is 15.0 Å². The van der Waals surface area contributed by atoms with Gasteiger partial charge in [0.25, 0.3) is 5.91 Å². The number of benzene rings is 1. The third-order valence-electron chi connectivity index (χ3n) is 4.71. The SMILES string of the molecule is Cc1nccn1-c1cc(N2CCN(C(=O)c3ccccc3Br)CC2)ncn1. The summed E-state index contributed by atoms with van der Waals surface area (Å²) in [6.45, 7) is 4.71. The van der Waals surface area contributed by atoms with Crippen molar-refractivity contribution in [3.05, 3.63) is 64.9 Å². The van der Waals surface area contributed by atoms with Crippen LogP contribution < -0.4 is 4.90 Å². The first-order chi connectivity index (χ1) is 13.1. The first-order valence-electron chi connectivity index (χ1n) is 8.74. The Morgan fingerprint density at radius 2 is 1.78 bits per heavy atom. The molecule has 3 aromatic rings. The van der Waals surface area contributed by atoms with Crippen LogP contribution in [0.1, 0.15) is 16.2 Å². The number of piperazine rings is 1. The molecule has 0 atom stereocenters. The molecule has 1 aliphatic rings. The van der Waals surface area contributed by atoms with Crippen LogP contribution in [0, 0.1) is 6.92 Å². The van der Waals surface area contributed by atoms with E-state index in [4.69, 9.17) is 0 Å². The molecular weight excluding hydrogens is 408 g/mol. The molecule has 1 aliphatic heterocycles. The smallest absolute Gasteiger partial charge is 0.255 e. The minimum Gasteiger partial charge on any atom is -0.353 e. The number of anilines is 1. The van der Waals surface area contributed by atoms with E-state index in [0.29, 0.717) is 18.7 Å². The predicted octanol–water partition coefficient (Wildman–Crippen LogP) is 2.70. The van der Waals surface area contributed by atoms with Crippen molar-refractivity contribution in [1.29, 1.82) is 0 Å². The maximum absolute atomic E-state index is 12.8. The lowest BCUT2D eigenvalue weighted by Crippen LogP contribution is -2.49. The molecule has 0 unspecified atom stereocenters. The molecule has 0 bridgehead atoms. The zero-order chi connectivity index (χ0) is 18.8. The van der Waals surface area contributed by atoms with Crippen molar-refractivity contribution in [3.8, 4) is 5.82 Å². The Balaban J connectivity index is 1.46. The monoisotopic (exact) mass is 426 g/mol. The molecule has 7 nitrogen and oxygen atoms in total. The van der Waals surface area contributed by atoms with Crippen LogP contribution in [0.25, 0.3) is 5.82 Å². The number of hydrogen-bond donors (Lipinski definition) is 0. The highest BCUT2D eigenvalue weighted by molar-refractivity contribution is 9.10. The van der Waals surface area contributed by atoms with Gasteiger partial charge < -0.3 is 9.80 Å². The largest absolute Gasteiger partial charge is 0.353 e. The fourth-order valence-electron chi connectivity index (χ4n) is 3.21. The summed E-state index contributed by atoms with van der Waals surface area (Å²) < 4.78 is 2.76. The van der Waals surface area contributed by atoms with Crippen LogP contribution >= 0.6 is 15.9 Å². The Labute approximate surface area is 165 Å². The summed E-state index contributed by atoms with van der Waals surface area (Å²) >= 11 is 3.46. The summed E-state index contributed by atoms with van der Waals surface area (Å²) in [6, 6.07) is 9.50. The van der Waals surface area contributed by atoms with Crippen LogP contribution in [0.3, 0.4) is 0 Å². The minimum atomic E-state index is 0.0551. The summed E-state index contributed by atoms with van der Waals surface area (Å²) in [5, 5.41) is 0. The third kappa shape index (κ3) is 3.57. The van der Waals surface area contributed by atoms with Gasteiger partial charge in [0.05, 0.1) is 5.56 Å². The molecule has 3 heterocycles. The fraction of sp³-hybridized carbons (Fsp3) is 0.263. The molecule has 0 saturated carbocycles. The molecule has 1 aromatic carbocycles. The average molecular weight is 427 g/mol. The van der Waals surface area contributed by atoms with Crippen LogP contribution in [-0.4, -0.2) is 56.5 Å². The minimum absolute atomic E-state index is 0.0551. The van der Waals surface area contributed by atoms with Crippen LogP contribution in [-0.2, 0) is 0 Å². The van der Waals surface area contributed by atoms with E-state index in [1.807, 2.05) is 52.9 Å². The molecule has 2 aromatic heterocycles. The van der Waals surface area contributed by atoms with E-state index in [-0.39, 0.29) is 5.91 Å². The standard InChI is InChI=1S/C19H19BrN6O/c1-14-21-6-7-26(14)18-12-17(22-13-23-18)24-8-10-25(11-9-24)19(27)15-4-2-3-5-16(15)20/h2-7,12-13H,8-11H2,1H3. The van der Waals surface area contributed by atoms with E-state index in [9.17, 15) is 4.79 Å². The van der Waals surface area contributed by atoms with Crippen molar-refractivity contribution < 1.29 is 4.79 Å². The molecule has 0 N–H and O–H groups in total. The van der Waals surface area contributed by atoms with E-state index >= 15 is 0 Å². The van der Waals surface area contributed by atoms with Crippen LogP contribution in [0.4, 0.5) is 5.82 Å². The highest BCUT2D eigenvalue weighted by Gasteiger charge is 2.24. The van der Waals surface area contributed by atoms with Gasteiger partial charge in [0, 0.05) is 49.1 Å². The topological polar surface area (TPSA) is 67.2 Å². The Kier molecular flexibility index (Phi) is 4.89. The Hall–Kier alpha value is -2.74. The summed E-state index contributed by atoms with van der Waals surface area (Å²) in [5.41, 5.74) is 0.700. The first-order valence-corrected chi connectivity index (χ1v) is 9.54. The van der Waals surface area contributed by atoms with Crippen LogP contribution in [0.15, 0.2) is 53.5 Å². The normalized spacial score (nSPS) is 14.4. The molecule has 1 amide bonds. The number of aryl methyl sites for hydroxylation is 1. The fourth-order valence-corrected chi connectivity index (χ4v) is 3.66. The zero-order valence-corrected chi connectivity index (χ0v) is 16.5. The maximum atomic E-state index is 12.8. The van der Waals surface area contributed by atoms with Gasteiger partial charge in [-0.1, -0.05) is 12.1 Å². The molecule has 4 rings (SSSR count). The number of aromatic nitrogens is 4. The quantitative estimate of drug-likeness (QED) is 0.643. The molecule has 0 spiro atoms.